The summed E-state index contributed by atoms with van der Waals surface area (Å²) in [5.41, 5.74) is 1.07. The standard InChI is InChI=1S/C7H7NOS/c9-10-8-6-7-4-2-1-3-5-7/h1-5H,6H2. The van der Waals surface area contributed by atoms with Gasteiger partial charge in [0.15, 0.2) is 11.5 Å². The Kier molecular flexibility index (Phi) is 2.83. The average Bonchev–Trinajstić information content (AvgIpc) is 2.03. The highest BCUT2D eigenvalue weighted by atomic mass is 32.1. The van der Waals surface area contributed by atoms with Crippen LogP contribution in [0.15, 0.2) is 34.7 Å². The van der Waals surface area contributed by atoms with Crippen molar-refractivity contribution in [1.82, 2.24) is 0 Å². The Morgan fingerprint density at radius 1 is 1.30 bits per heavy atom. The quantitative estimate of drug-likeness (QED) is 0.634. The third-order valence-corrected chi connectivity index (χ3v) is 1.38. The van der Waals surface area contributed by atoms with Crippen LogP contribution in [0.4, 0.5) is 0 Å². The van der Waals surface area contributed by atoms with Crippen molar-refractivity contribution < 1.29 is 4.21 Å². The van der Waals surface area contributed by atoms with E-state index < -0.39 is 0 Å². The van der Waals surface area contributed by atoms with Crippen LogP contribution in [-0.2, 0) is 18.0 Å². The van der Waals surface area contributed by atoms with Gasteiger partial charge in [0, 0.05) is 0 Å². The average molecular weight is 153 g/mol. The highest BCUT2D eigenvalue weighted by Crippen LogP contribution is 1.98. The molecule has 52 valence electrons. The van der Waals surface area contributed by atoms with Crippen molar-refractivity contribution in [3.63, 3.8) is 0 Å². The Hall–Kier alpha value is -0.960. The summed E-state index contributed by atoms with van der Waals surface area (Å²) in [5, 5.41) is 0. The summed E-state index contributed by atoms with van der Waals surface area (Å²) in [6.07, 6.45) is 0. The van der Waals surface area contributed by atoms with Crippen LogP contribution in [-0.4, -0.2) is 4.21 Å². The SMILES string of the molecule is O=S=NCc1ccccc1. The minimum Gasteiger partial charge on any atom is -0.191 e. The fourth-order valence-corrected chi connectivity index (χ4v) is 0.886. The van der Waals surface area contributed by atoms with Crippen LogP contribution in [0.1, 0.15) is 5.56 Å². The normalized spacial score (nSPS) is 8.80. The Morgan fingerprint density at radius 2 is 2.00 bits per heavy atom. The summed E-state index contributed by atoms with van der Waals surface area (Å²) in [6, 6.07) is 9.69. The number of benzene rings is 1. The molecule has 0 unspecified atom stereocenters. The van der Waals surface area contributed by atoms with E-state index in [0.29, 0.717) is 6.54 Å². The first-order valence-corrected chi connectivity index (χ1v) is 3.63. The molecule has 0 atom stereocenters. The lowest BCUT2D eigenvalue weighted by atomic mass is 10.2. The number of hydrogen-bond acceptors (Lipinski definition) is 2. The topological polar surface area (TPSA) is 29.4 Å². The monoisotopic (exact) mass is 153 g/mol. The summed E-state index contributed by atoms with van der Waals surface area (Å²) in [7, 11) is 0. The van der Waals surface area contributed by atoms with Crippen LogP contribution in [0.2, 0.25) is 0 Å². The highest BCUT2D eigenvalue weighted by Gasteiger charge is 1.84. The molecule has 0 aliphatic carbocycles. The molecule has 0 saturated carbocycles. The first kappa shape index (κ1) is 7.15. The van der Waals surface area contributed by atoms with Crippen molar-refractivity contribution in [3.05, 3.63) is 35.9 Å². The van der Waals surface area contributed by atoms with Gasteiger partial charge < -0.3 is 0 Å². The van der Waals surface area contributed by atoms with Crippen LogP contribution in [0, 0.1) is 0 Å². The molecule has 0 heterocycles. The van der Waals surface area contributed by atoms with Gasteiger partial charge >= 0.3 is 0 Å². The predicted molar refractivity (Wildman–Crippen MR) is 40.7 cm³/mol. The van der Waals surface area contributed by atoms with Crippen LogP contribution in [0.3, 0.4) is 0 Å². The van der Waals surface area contributed by atoms with E-state index in [4.69, 9.17) is 0 Å². The van der Waals surface area contributed by atoms with Crippen molar-refractivity contribution in [2.24, 2.45) is 4.36 Å². The van der Waals surface area contributed by atoms with Crippen LogP contribution < -0.4 is 0 Å². The van der Waals surface area contributed by atoms with E-state index in [-0.39, 0.29) is 11.5 Å². The number of rotatable bonds is 2. The molecule has 3 heteroatoms. The molecule has 0 spiro atoms. The second-order valence-corrected chi connectivity index (χ2v) is 2.25. The van der Waals surface area contributed by atoms with E-state index in [1.54, 1.807) is 0 Å². The van der Waals surface area contributed by atoms with E-state index in [0.717, 1.165) is 5.56 Å². The maximum atomic E-state index is 9.85. The van der Waals surface area contributed by atoms with Gasteiger partial charge in [-0.2, -0.15) is 8.57 Å². The van der Waals surface area contributed by atoms with Gasteiger partial charge in [-0.15, -0.1) is 0 Å². The Labute approximate surface area is 63.1 Å². The number of hydrogen-bond donors (Lipinski definition) is 0. The molecule has 0 saturated heterocycles. The largest absolute Gasteiger partial charge is 0.199 e. The Balaban J connectivity index is 2.67. The molecular weight excluding hydrogens is 146 g/mol. The van der Waals surface area contributed by atoms with E-state index in [1.807, 2.05) is 30.3 Å². The van der Waals surface area contributed by atoms with Crippen LogP contribution in [0.25, 0.3) is 0 Å². The Bertz CT molecular complexity index is 241. The van der Waals surface area contributed by atoms with Gasteiger partial charge in [-0.1, -0.05) is 30.3 Å². The minimum absolute atomic E-state index is 0.271. The van der Waals surface area contributed by atoms with Crippen LogP contribution in [0.5, 0.6) is 0 Å². The van der Waals surface area contributed by atoms with Gasteiger partial charge in [0.2, 0.25) is 0 Å². The lowest BCUT2D eigenvalue weighted by Gasteiger charge is -1.89. The molecule has 0 aliphatic heterocycles. The molecule has 1 rings (SSSR count). The zero-order chi connectivity index (χ0) is 7.23. The maximum absolute atomic E-state index is 9.85. The zero-order valence-corrected chi connectivity index (χ0v) is 6.17. The van der Waals surface area contributed by atoms with Crippen molar-refractivity contribution in [3.8, 4) is 0 Å². The highest BCUT2D eigenvalue weighted by molar-refractivity contribution is 7.54. The van der Waals surface area contributed by atoms with Gasteiger partial charge in [0.1, 0.15) is 0 Å². The van der Waals surface area contributed by atoms with Crippen molar-refractivity contribution in [2.45, 2.75) is 6.54 Å². The molecule has 0 aromatic heterocycles. The van der Waals surface area contributed by atoms with Gasteiger partial charge in [-0.05, 0) is 5.56 Å². The van der Waals surface area contributed by atoms with Crippen molar-refractivity contribution in [1.29, 1.82) is 0 Å². The van der Waals surface area contributed by atoms with Gasteiger partial charge in [-0.25, -0.2) is 0 Å². The van der Waals surface area contributed by atoms with E-state index >= 15 is 0 Å². The fraction of sp³-hybridized carbons (Fsp3) is 0.143. The summed E-state index contributed by atoms with van der Waals surface area (Å²) >= 11 is 0.271. The van der Waals surface area contributed by atoms with Crippen molar-refractivity contribution in [2.75, 3.05) is 0 Å². The molecule has 0 N–H and O–H groups in total. The first-order chi connectivity index (χ1) is 4.93. The summed E-state index contributed by atoms with van der Waals surface area (Å²) < 4.78 is 13.5. The lowest BCUT2D eigenvalue weighted by Crippen LogP contribution is -1.76. The van der Waals surface area contributed by atoms with E-state index in [9.17, 15) is 4.21 Å². The molecule has 10 heavy (non-hydrogen) atoms. The molecule has 0 fully saturated rings. The smallest absolute Gasteiger partial charge is 0.191 e. The van der Waals surface area contributed by atoms with Crippen LogP contribution >= 0.6 is 0 Å². The minimum atomic E-state index is 0.271. The molecule has 0 bridgehead atoms. The molecule has 0 radical (unpaired) electrons. The van der Waals surface area contributed by atoms with Crippen molar-refractivity contribution >= 4 is 11.5 Å². The summed E-state index contributed by atoms with van der Waals surface area (Å²) in [4.78, 5) is 0. The third kappa shape index (κ3) is 2.11. The van der Waals surface area contributed by atoms with Gasteiger partial charge in [0.05, 0.1) is 6.54 Å². The van der Waals surface area contributed by atoms with E-state index in [1.165, 1.54) is 0 Å². The predicted octanol–water partition coefficient (Wildman–Crippen LogP) is 1.58. The number of nitrogens with zero attached hydrogens (tertiary/aromatic N) is 1. The summed E-state index contributed by atoms with van der Waals surface area (Å²) in [6.45, 7) is 0.509. The zero-order valence-electron chi connectivity index (χ0n) is 5.36. The second-order valence-electron chi connectivity index (χ2n) is 1.85. The molecular formula is C7H7NOS. The molecule has 1 aromatic rings. The molecule has 0 aliphatic rings. The summed E-state index contributed by atoms with van der Waals surface area (Å²) in [5.74, 6) is 0. The van der Waals surface area contributed by atoms with Gasteiger partial charge in [0.25, 0.3) is 0 Å². The first-order valence-electron chi connectivity index (χ1n) is 2.93. The molecule has 1 aromatic carbocycles. The Morgan fingerprint density at radius 3 is 2.60 bits per heavy atom. The maximum Gasteiger partial charge on any atom is 0.199 e. The fourth-order valence-electron chi connectivity index (χ4n) is 0.684. The molecule has 0 amide bonds. The van der Waals surface area contributed by atoms with Gasteiger partial charge in [-0.3, -0.25) is 0 Å². The lowest BCUT2D eigenvalue weighted by molar-refractivity contribution is 0.696. The van der Waals surface area contributed by atoms with E-state index in [2.05, 4.69) is 4.36 Å². The molecule has 2 nitrogen and oxygen atoms in total. The third-order valence-electron chi connectivity index (χ3n) is 1.14. The second kappa shape index (κ2) is 3.95.